The smallest absolute Gasteiger partial charge is 0.333 e. The molecule has 7 heteroatoms. The van der Waals surface area contributed by atoms with Crippen LogP contribution in [0.3, 0.4) is 0 Å². The lowest BCUT2D eigenvalue weighted by Gasteiger charge is -2.29. The van der Waals surface area contributed by atoms with E-state index in [1.54, 1.807) is 6.92 Å². The third kappa shape index (κ3) is 8.82. The molecule has 2 N–H and O–H groups in total. The summed E-state index contributed by atoms with van der Waals surface area (Å²) in [5, 5.41) is 12.5. The Hall–Kier alpha value is -2.28. The highest BCUT2D eigenvalue weighted by atomic mass is 16.5. The minimum atomic E-state index is -0.952. The van der Waals surface area contributed by atoms with Crippen molar-refractivity contribution in [2.45, 2.75) is 89.7 Å². The molecule has 7 nitrogen and oxygen atoms in total. The molecule has 0 heterocycles. The standard InChI is InChI=1S/C27H42N2O5/c1-2-33-25(26(30)31)20-22-12-14-24(15-13-22)34-19-18-29(17-16-21-8-6-7-9-21)27(32)28-23-10-4-3-5-11-23/h12-15,21,23,25H,2-11,16-20H2,1H3,(H,28,32)(H,30,31). The van der Waals surface area contributed by atoms with Gasteiger partial charge in [-0.25, -0.2) is 9.59 Å². The van der Waals surface area contributed by atoms with Crippen molar-refractivity contribution in [3.63, 3.8) is 0 Å². The minimum absolute atomic E-state index is 0.0412. The predicted molar refractivity (Wildman–Crippen MR) is 132 cm³/mol. The third-order valence-corrected chi connectivity index (χ3v) is 7.12. The van der Waals surface area contributed by atoms with Crippen molar-refractivity contribution in [2.24, 2.45) is 5.92 Å². The molecule has 2 fully saturated rings. The Morgan fingerprint density at radius 1 is 1.03 bits per heavy atom. The number of carboxylic acids is 1. The molecule has 1 atom stereocenters. The van der Waals surface area contributed by atoms with Crippen LogP contribution in [-0.2, 0) is 16.0 Å². The first kappa shape index (κ1) is 26.3. The van der Waals surface area contributed by atoms with Crippen LogP contribution in [0.15, 0.2) is 24.3 Å². The maximum atomic E-state index is 13.0. The number of nitrogens with one attached hydrogen (secondary N) is 1. The fraction of sp³-hybridized carbons (Fsp3) is 0.704. The van der Waals surface area contributed by atoms with Gasteiger partial charge < -0.3 is 24.8 Å². The van der Waals surface area contributed by atoms with Gasteiger partial charge in [-0.15, -0.1) is 0 Å². The summed E-state index contributed by atoms with van der Waals surface area (Å²) in [7, 11) is 0. The molecule has 2 amide bonds. The van der Waals surface area contributed by atoms with E-state index >= 15 is 0 Å². The van der Waals surface area contributed by atoms with Gasteiger partial charge in [0.05, 0.1) is 6.54 Å². The van der Waals surface area contributed by atoms with Crippen LogP contribution in [0, 0.1) is 5.92 Å². The van der Waals surface area contributed by atoms with Crippen molar-refractivity contribution >= 4 is 12.0 Å². The summed E-state index contributed by atoms with van der Waals surface area (Å²) in [6.07, 6.45) is 11.6. The van der Waals surface area contributed by atoms with Crippen LogP contribution in [0.2, 0.25) is 0 Å². The maximum absolute atomic E-state index is 13.0. The lowest BCUT2D eigenvalue weighted by atomic mass is 9.96. The molecule has 0 aromatic heterocycles. The molecule has 0 spiro atoms. The van der Waals surface area contributed by atoms with Crippen LogP contribution in [0.1, 0.15) is 76.7 Å². The summed E-state index contributed by atoms with van der Waals surface area (Å²) < 4.78 is 11.2. The van der Waals surface area contributed by atoms with Gasteiger partial charge in [0.2, 0.25) is 0 Å². The summed E-state index contributed by atoms with van der Waals surface area (Å²) in [5.41, 5.74) is 0.887. The largest absolute Gasteiger partial charge is 0.492 e. The van der Waals surface area contributed by atoms with Gasteiger partial charge in [0.1, 0.15) is 12.4 Å². The van der Waals surface area contributed by atoms with Crippen molar-refractivity contribution in [3.8, 4) is 5.75 Å². The van der Waals surface area contributed by atoms with Crippen molar-refractivity contribution in [2.75, 3.05) is 26.3 Å². The van der Waals surface area contributed by atoms with Gasteiger partial charge in [0, 0.05) is 25.6 Å². The van der Waals surface area contributed by atoms with E-state index in [-0.39, 0.29) is 6.03 Å². The van der Waals surface area contributed by atoms with Crippen LogP contribution in [0.4, 0.5) is 4.79 Å². The fourth-order valence-electron chi connectivity index (χ4n) is 5.09. The van der Waals surface area contributed by atoms with E-state index in [0.717, 1.165) is 43.0 Å². The molecular formula is C27H42N2O5. The van der Waals surface area contributed by atoms with E-state index in [9.17, 15) is 14.7 Å². The number of hydrogen-bond acceptors (Lipinski definition) is 4. The van der Waals surface area contributed by atoms with E-state index in [1.807, 2.05) is 29.2 Å². The molecule has 190 valence electrons. The number of urea groups is 1. The Morgan fingerprint density at radius 2 is 1.71 bits per heavy atom. The number of hydrogen-bond donors (Lipinski definition) is 2. The Kier molecular flexibility index (Phi) is 11.0. The van der Waals surface area contributed by atoms with E-state index in [1.165, 1.54) is 44.9 Å². The van der Waals surface area contributed by atoms with Crippen molar-refractivity contribution in [1.29, 1.82) is 0 Å². The highest BCUT2D eigenvalue weighted by Crippen LogP contribution is 2.27. The average molecular weight is 475 g/mol. The van der Waals surface area contributed by atoms with Crippen LogP contribution >= 0.6 is 0 Å². The molecule has 0 aliphatic heterocycles. The number of carbonyl (C=O) groups excluding carboxylic acids is 1. The Bertz CT molecular complexity index is 742. The number of carboxylic acid groups (broad SMARTS) is 1. The van der Waals surface area contributed by atoms with Gasteiger partial charge in [-0.2, -0.15) is 0 Å². The van der Waals surface area contributed by atoms with Crippen LogP contribution in [0.25, 0.3) is 0 Å². The number of rotatable bonds is 13. The van der Waals surface area contributed by atoms with Gasteiger partial charge in [0.25, 0.3) is 0 Å². The van der Waals surface area contributed by atoms with E-state index in [0.29, 0.717) is 32.2 Å². The van der Waals surface area contributed by atoms with Crippen molar-refractivity contribution in [3.05, 3.63) is 29.8 Å². The molecule has 1 aromatic carbocycles. The topological polar surface area (TPSA) is 88.1 Å². The SMILES string of the molecule is CCOC(Cc1ccc(OCCN(CCC2CCCC2)C(=O)NC2CCCCC2)cc1)C(=O)O. The highest BCUT2D eigenvalue weighted by molar-refractivity contribution is 5.74. The van der Waals surface area contributed by atoms with Gasteiger partial charge >= 0.3 is 12.0 Å². The molecular weight excluding hydrogens is 432 g/mol. The van der Waals surface area contributed by atoms with Gasteiger partial charge in [-0.1, -0.05) is 57.1 Å². The van der Waals surface area contributed by atoms with Crippen molar-refractivity contribution in [1.82, 2.24) is 10.2 Å². The molecule has 2 aliphatic carbocycles. The zero-order chi connectivity index (χ0) is 24.2. The average Bonchev–Trinajstić information content (AvgIpc) is 3.36. The third-order valence-electron chi connectivity index (χ3n) is 7.12. The molecule has 34 heavy (non-hydrogen) atoms. The van der Waals surface area contributed by atoms with E-state index in [4.69, 9.17) is 9.47 Å². The second kappa shape index (κ2) is 14.2. The first-order valence-electron chi connectivity index (χ1n) is 13.2. The first-order valence-corrected chi connectivity index (χ1v) is 13.2. The molecule has 0 radical (unpaired) electrons. The summed E-state index contributed by atoms with van der Waals surface area (Å²) >= 11 is 0. The number of aliphatic carboxylic acids is 1. The van der Waals surface area contributed by atoms with Crippen LogP contribution in [0.5, 0.6) is 5.75 Å². The second-order valence-corrected chi connectivity index (χ2v) is 9.69. The zero-order valence-corrected chi connectivity index (χ0v) is 20.7. The zero-order valence-electron chi connectivity index (χ0n) is 20.7. The summed E-state index contributed by atoms with van der Waals surface area (Å²) in [4.78, 5) is 26.2. The Balaban J connectivity index is 1.48. The summed E-state index contributed by atoms with van der Waals surface area (Å²) in [6.45, 7) is 3.92. The Morgan fingerprint density at radius 3 is 2.35 bits per heavy atom. The molecule has 2 saturated carbocycles. The molecule has 2 aliphatic rings. The van der Waals surface area contributed by atoms with Gasteiger partial charge in [-0.05, 0) is 49.8 Å². The number of benzene rings is 1. The summed E-state index contributed by atoms with van der Waals surface area (Å²) in [6, 6.07) is 7.79. The normalized spacial score (nSPS) is 17.9. The van der Waals surface area contributed by atoms with Crippen LogP contribution in [-0.4, -0.2) is 60.5 Å². The van der Waals surface area contributed by atoms with E-state index < -0.39 is 12.1 Å². The minimum Gasteiger partial charge on any atom is -0.492 e. The molecule has 0 bridgehead atoms. The quantitative estimate of drug-likeness (QED) is 0.419. The number of nitrogens with zero attached hydrogens (tertiary/aromatic N) is 1. The Labute approximate surface area is 204 Å². The van der Waals surface area contributed by atoms with E-state index in [2.05, 4.69) is 5.32 Å². The van der Waals surface area contributed by atoms with Crippen LogP contribution < -0.4 is 10.1 Å². The monoisotopic (exact) mass is 474 g/mol. The number of ether oxygens (including phenoxy) is 2. The molecule has 3 rings (SSSR count). The highest BCUT2D eigenvalue weighted by Gasteiger charge is 2.22. The second-order valence-electron chi connectivity index (χ2n) is 9.69. The summed E-state index contributed by atoms with van der Waals surface area (Å²) in [5.74, 6) is 0.506. The lowest BCUT2D eigenvalue weighted by Crippen LogP contribution is -2.47. The number of carbonyl (C=O) groups is 2. The predicted octanol–water partition coefficient (Wildman–Crippen LogP) is 5.02. The molecule has 1 aromatic rings. The van der Waals surface area contributed by atoms with Crippen molar-refractivity contribution < 1.29 is 24.2 Å². The molecule has 1 unspecified atom stereocenters. The first-order chi connectivity index (χ1) is 16.5. The fourth-order valence-corrected chi connectivity index (χ4v) is 5.09. The van der Waals surface area contributed by atoms with Gasteiger partial charge in [-0.3, -0.25) is 0 Å². The maximum Gasteiger partial charge on any atom is 0.333 e. The van der Waals surface area contributed by atoms with Gasteiger partial charge in [0.15, 0.2) is 6.10 Å². The lowest BCUT2D eigenvalue weighted by molar-refractivity contribution is -0.149. The number of amides is 2. The molecule has 0 saturated heterocycles.